The largest absolute Gasteiger partial charge is 0.449 e. The summed E-state index contributed by atoms with van der Waals surface area (Å²) in [6, 6.07) is 15.5. The Morgan fingerprint density at radius 3 is 2.30 bits per heavy atom. The highest BCUT2D eigenvalue weighted by Gasteiger charge is 2.24. The van der Waals surface area contributed by atoms with Crippen molar-refractivity contribution >= 4 is 23.5 Å². The SMILES string of the molecule is C=CCNC(=O)[C@H](C)OC(=O)c1ccccc1C(=O)N(C)c1ccccc1. The number of hydrogen-bond donors (Lipinski definition) is 1. The molecule has 2 rings (SSSR count). The van der Waals surface area contributed by atoms with Crippen LogP contribution in [0.5, 0.6) is 0 Å². The van der Waals surface area contributed by atoms with Crippen molar-refractivity contribution < 1.29 is 19.1 Å². The Hall–Kier alpha value is -3.41. The Labute approximate surface area is 158 Å². The third-order valence-electron chi connectivity index (χ3n) is 3.90. The number of benzene rings is 2. The number of rotatable bonds is 7. The number of para-hydroxylation sites is 1. The molecule has 6 nitrogen and oxygen atoms in total. The molecule has 1 atom stereocenters. The van der Waals surface area contributed by atoms with E-state index in [1.165, 1.54) is 24.0 Å². The fourth-order valence-corrected chi connectivity index (χ4v) is 2.39. The number of esters is 1. The number of ether oxygens (including phenoxy) is 1. The summed E-state index contributed by atoms with van der Waals surface area (Å²) in [7, 11) is 1.63. The van der Waals surface area contributed by atoms with Gasteiger partial charge in [-0.15, -0.1) is 6.58 Å². The van der Waals surface area contributed by atoms with Gasteiger partial charge in [-0.3, -0.25) is 9.59 Å². The Morgan fingerprint density at radius 1 is 1.07 bits per heavy atom. The fraction of sp³-hybridized carbons (Fsp3) is 0.190. The highest BCUT2D eigenvalue weighted by atomic mass is 16.5. The number of amides is 2. The summed E-state index contributed by atoms with van der Waals surface area (Å²) >= 11 is 0. The standard InChI is InChI=1S/C21H22N2O4/c1-4-14-22-19(24)15(2)27-21(26)18-13-9-8-12-17(18)20(25)23(3)16-10-6-5-7-11-16/h4-13,15H,1,14H2,2-3H3,(H,22,24)/t15-/m0/s1. The van der Waals surface area contributed by atoms with Gasteiger partial charge in [-0.2, -0.15) is 0 Å². The van der Waals surface area contributed by atoms with Crippen LogP contribution in [-0.2, 0) is 9.53 Å². The molecule has 0 saturated carbocycles. The minimum atomic E-state index is -0.993. The first-order valence-electron chi connectivity index (χ1n) is 8.47. The van der Waals surface area contributed by atoms with Crippen LogP contribution in [0.15, 0.2) is 67.3 Å². The zero-order chi connectivity index (χ0) is 19.8. The van der Waals surface area contributed by atoms with Crippen LogP contribution in [0.25, 0.3) is 0 Å². The van der Waals surface area contributed by atoms with Crippen LogP contribution >= 0.6 is 0 Å². The molecule has 0 radical (unpaired) electrons. The Morgan fingerprint density at radius 2 is 1.67 bits per heavy atom. The maximum atomic E-state index is 12.9. The Balaban J connectivity index is 2.19. The lowest BCUT2D eigenvalue weighted by Crippen LogP contribution is -2.36. The normalized spacial score (nSPS) is 11.2. The van der Waals surface area contributed by atoms with Gasteiger partial charge in [-0.05, 0) is 31.2 Å². The molecule has 27 heavy (non-hydrogen) atoms. The average molecular weight is 366 g/mol. The molecular weight excluding hydrogens is 344 g/mol. The van der Waals surface area contributed by atoms with Crippen molar-refractivity contribution in [2.24, 2.45) is 0 Å². The molecule has 1 N–H and O–H groups in total. The fourth-order valence-electron chi connectivity index (χ4n) is 2.39. The van der Waals surface area contributed by atoms with E-state index in [1.54, 1.807) is 37.4 Å². The zero-order valence-electron chi connectivity index (χ0n) is 15.3. The summed E-state index contributed by atoms with van der Waals surface area (Å²) < 4.78 is 5.22. The van der Waals surface area contributed by atoms with Crippen LogP contribution in [0.4, 0.5) is 5.69 Å². The number of carbonyl (C=O) groups excluding carboxylic acids is 3. The van der Waals surface area contributed by atoms with Crippen molar-refractivity contribution in [3.63, 3.8) is 0 Å². The summed E-state index contributed by atoms with van der Waals surface area (Å²) in [5.74, 6) is -1.52. The van der Waals surface area contributed by atoms with Gasteiger partial charge in [0.05, 0.1) is 11.1 Å². The Kier molecular flexibility index (Phi) is 6.88. The molecule has 140 valence electrons. The van der Waals surface area contributed by atoms with Crippen LogP contribution in [0.2, 0.25) is 0 Å². The van der Waals surface area contributed by atoms with Crippen molar-refractivity contribution in [2.45, 2.75) is 13.0 Å². The second-order valence-electron chi connectivity index (χ2n) is 5.83. The van der Waals surface area contributed by atoms with Crippen molar-refractivity contribution in [1.29, 1.82) is 0 Å². The lowest BCUT2D eigenvalue weighted by Gasteiger charge is -2.19. The molecule has 2 aromatic carbocycles. The number of carbonyl (C=O) groups is 3. The first-order chi connectivity index (χ1) is 13.0. The molecule has 0 unspecified atom stereocenters. The van der Waals surface area contributed by atoms with Crippen molar-refractivity contribution in [3.05, 3.63) is 78.4 Å². The van der Waals surface area contributed by atoms with E-state index < -0.39 is 18.0 Å². The van der Waals surface area contributed by atoms with Gasteiger partial charge in [0.2, 0.25) is 0 Å². The third kappa shape index (κ3) is 5.04. The van der Waals surface area contributed by atoms with E-state index >= 15 is 0 Å². The molecule has 0 spiro atoms. The van der Waals surface area contributed by atoms with Gasteiger partial charge in [0, 0.05) is 19.3 Å². The number of nitrogens with zero attached hydrogens (tertiary/aromatic N) is 1. The lowest BCUT2D eigenvalue weighted by molar-refractivity contribution is -0.128. The smallest absolute Gasteiger partial charge is 0.339 e. The summed E-state index contributed by atoms with van der Waals surface area (Å²) in [4.78, 5) is 38.7. The average Bonchev–Trinajstić information content (AvgIpc) is 2.71. The van der Waals surface area contributed by atoms with E-state index in [0.29, 0.717) is 5.69 Å². The molecule has 0 aromatic heterocycles. The molecule has 0 aliphatic rings. The lowest BCUT2D eigenvalue weighted by atomic mass is 10.1. The number of anilines is 1. The summed E-state index contributed by atoms with van der Waals surface area (Å²) in [5.41, 5.74) is 1.00. The highest BCUT2D eigenvalue weighted by Crippen LogP contribution is 2.18. The third-order valence-corrected chi connectivity index (χ3v) is 3.90. The molecule has 6 heteroatoms. The summed E-state index contributed by atoms with van der Waals surface area (Å²) in [6.45, 7) is 5.25. The van der Waals surface area contributed by atoms with Crippen LogP contribution in [0.3, 0.4) is 0 Å². The van der Waals surface area contributed by atoms with Crippen molar-refractivity contribution in [2.75, 3.05) is 18.5 Å². The maximum Gasteiger partial charge on any atom is 0.339 e. The molecule has 0 heterocycles. The quantitative estimate of drug-likeness (QED) is 0.604. The molecule has 0 fully saturated rings. The van der Waals surface area contributed by atoms with E-state index in [-0.39, 0.29) is 23.6 Å². The van der Waals surface area contributed by atoms with E-state index in [9.17, 15) is 14.4 Å². The molecule has 2 amide bonds. The second-order valence-corrected chi connectivity index (χ2v) is 5.83. The first kappa shape index (κ1) is 19.9. The highest BCUT2D eigenvalue weighted by molar-refractivity contribution is 6.12. The topological polar surface area (TPSA) is 75.7 Å². The predicted octanol–water partition coefficient (Wildman–Crippen LogP) is 2.81. The molecule has 0 saturated heterocycles. The van der Waals surface area contributed by atoms with E-state index in [4.69, 9.17) is 4.74 Å². The summed E-state index contributed by atoms with van der Waals surface area (Å²) in [5, 5.41) is 2.56. The molecule has 0 bridgehead atoms. The molecule has 0 aliphatic carbocycles. The number of nitrogens with one attached hydrogen (secondary N) is 1. The zero-order valence-corrected chi connectivity index (χ0v) is 15.3. The van der Waals surface area contributed by atoms with Gasteiger partial charge in [0.1, 0.15) is 0 Å². The minimum Gasteiger partial charge on any atom is -0.449 e. The second kappa shape index (κ2) is 9.33. The molecule has 2 aromatic rings. The van der Waals surface area contributed by atoms with Gasteiger partial charge in [-0.25, -0.2) is 4.79 Å². The molecule has 0 aliphatic heterocycles. The van der Waals surface area contributed by atoms with E-state index in [1.807, 2.05) is 18.2 Å². The van der Waals surface area contributed by atoms with Crippen LogP contribution in [0, 0.1) is 0 Å². The predicted molar refractivity (Wildman–Crippen MR) is 104 cm³/mol. The van der Waals surface area contributed by atoms with Gasteiger partial charge < -0.3 is 15.0 Å². The van der Waals surface area contributed by atoms with Crippen LogP contribution in [-0.4, -0.2) is 37.5 Å². The molecular formula is C21H22N2O4. The Bertz CT molecular complexity index is 833. The van der Waals surface area contributed by atoms with Crippen molar-refractivity contribution in [1.82, 2.24) is 5.32 Å². The number of hydrogen-bond acceptors (Lipinski definition) is 4. The minimum absolute atomic E-state index is 0.105. The maximum absolute atomic E-state index is 12.9. The van der Waals surface area contributed by atoms with Gasteiger partial charge in [0.15, 0.2) is 6.10 Å². The van der Waals surface area contributed by atoms with Gasteiger partial charge in [-0.1, -0.05) is 36.4 Å². The first-order valence-corrected chi connectivity index (χ1v) is 8.47. The van der Waals surface area contributed by atoms with Crippen LogP contribution in [0.1, 0.15) is 27.6 Å². The van der Waals surface area contributed by atoms with Crippen LogP contribution < -0.4 is 10.2 Å². The van der Waals surface area contributed by atoms with E-state index in [2.05, 4.69) is 11.9 Å². The van der Waals surface area contributed by atoms with Gasteiger partial charge in [0.25, 0.3) is 11.8 Å². The van der Waals surface area contributed by atoms with Gasteiger partial charge >= 0.3 is 5.97 Å². The summed E-state index contributed by atoms with van der Waals surface area (Å²) in [6.07, 6.45) is 0.535. The monoisotopic (exact) mass is 366 g/mol. The van der Waals surface area contributed by atoms with Crippen molar-refractivity contribution in [3.8, 4) is 0 Å². The van der Waals surface area contributed by atoms with E-state index in [0.717, 1.165) is 0 Å².